The summed E-state index contributed by atoms with van der Waals surface area (Å²) in [5, 5.41) is 0. The highest BCUT2D eigenvalue weighted by atomic mass is 32.2. The molecule has 3 nitrogen and oxygen atoms in total. The minimum absolute atomic E-state index is 0.0813. The molecule has 2 aromatic rings. The lowest BCUT2D eigenvalue weighted by Gasteiger charge is -2.38. The van der Waals surface area contributed by atoms with Crippen molar-refractivity contribution in [3.63, 3.8) is 0 Å². The van der Waals surface area contributed by atoms with Gasteiger partial charge in [-0.3, -0.25) is 4.90 Å². The lowest BCUT2D eigenvalue weighted by molar-refractivity contribution is 0.150. The smallest absolute Gasteiger partial charge is 0.151 e. The van der Waals surface area contributed by atoms with Crippen molar-refractivity contribution in [1.82, 2.24) is 4.90 Å². The highest BCUT2D eigenvalue weighted by Crippen LogP contribution is 2.34. The molecule has 1 aliphatic rings. The van der Waals surface area contributed by atoms with Crippen LogP contribution in [-0.4, -0.2) is 37.4 Å². The second-order valence-corrected chi connectivity index (χ2v) is 9.60. The SMILES string of the molecule is CC(C)CN(C(c1ccccc1)c1ccccc1)[C@@H]1CCS(=O)(=O)C1. The maximum atomic E-state index is 12.1. The van der Waals surface area contributed by atoms with E-state index in [4.69, 9.17) is 0 Å². The average Bonchev–Trinajstić information content (AvgIpc) is 2.96. The molecule has 0 unspecified atom stereocenters. The first-order valence-corrected chi connectivity index (χ1v) is 10.8. The molecule has 1 atom stereocenters. The van der Waals surface area contributed by atoms with Gasteiger partial charge in [0.15, 0.2) is 9.84 Å². The van der Waals surface area contributed by atoms with Crippen LogP contribution in [0.25, 0.3) is 0 Å². The molecular formula is C21H27NO2S. The summed E-state index contributed by atoms with van der Waals surface area (Å²) in [5.74, 6) is 1.05. The zero-order chi connectivity index (χ0) is 17.9. The molecule has 0 radical (unpaired) electrons. The second kappa shape index (κ2) is 7.71. The Bertz CT molecular complexity index is 733. The van der Waals surface area contributed by atoms with E-state index in [2.05, 4.69) is 67.3 Å². The van der Waals surface area contributed by atoms with Crippen molar-refractivity contribution in [2.24, 2.45) is 5.92 Å². The van der Waals surface area contributed by atoms with Gasteiger partial charge < -0.3 is 0 Å². The first kappa shape index (κ1) is 18.2. The van der Waals surface area contributed by atoms with E-state index in [1.54, 1.807) is 0 Å². The lowest BCUT2D eigenvalue weighted by atomic mass is 9.94. The zero-order valence-electron chi connectivity index (χ0n) is 15.0. The van der Waals surface area contributed by atoms with Crippen molar-refractivity contribution in [3.8, 4) is 0 Å². The highest BCUT2D eigenvalue weighted by Gasteiger charge is 2.36. The van der Waals surface area contributed by atoms with E-state index < -0.39 is 9.84 Å². The Morgan fingerprint density at radius 3 is 1.88 bits per heavy atom. The van der Waals surface area contributed by atoms with Crippen LogP contribution in [0.1, 0.15) is 37.4 Å². The van der Waals surface area contributed by atoms with Gasteiger partial charge in [-0.25, -0.2) is 8.42 Å². The van der Waals surface area contributed by atoms with Crippen LogP contribution in [0.15, 0.2) is 60.7 Å². The fourth-order valence-corrected chi connectivity index (χ4v) is 5.51. The molecule has 1 aliphatic heterocycles. The number of nitrogens with zero attached hydrogens (tertiary/aromatic N) is 1. The van der Waals surface area contributed by atoms with Gasteiger partial charge in [0.25, 0.3) is 0 Å². The van der Waals surface area contributed by atoms with Crippen LogP contribution in [0.3, 0.4) is 0 Å². The predicted octanol–water partition coefficient (Wildman–Crippen LogP) is 3.92. The summed E-state index contributed by atoms with van der Waals surface area (Å²) < 4.78 is 24.2. The number of rotatable bonds is 6. The van der Waals surface area contributed by atoms with E-state index in [1.165, 1.54) is 11.1 Å². The number of hydrogen-bond donors (Lipinski definition) is 0. The summed E-state index contributed by atoms with van der Waals surface area (Å²) in [4.78, 5) is 2.42. The van der Waals surface area contributed by atoms with Gasteiger partial charge in [0.05, 0.1) is 17.5 Å². The maximum Gasteiger partial charge on any atom is 0.151 e. The predicted molar refractivity (Wildman–Crippen MR) is 103 cm³/mol. The third kappa shape index (κ3) is 4.50. The van der Waals surface area contributed by atoms with Crippen molar-refractivity contribution >= 4 is 9.84 Å². The molecule has 0 aromatic heterocycles. The summed E-state index contributed by atoms with van der Waals surface area (Å²) in [6.45, 7) is 5.28. The summed E-state index contributed by atoms with van der Waals surface area (Å²) in [5.41, 5.74) is 2.44. The van der Waals surface area contributed by atoms with Crippen molar-refractivity contribution < 1.29 is 8.42 Å². The minimum Gasteiger partial charge on any atom is -0.288 e. The molecule has 25 heavy (non-hydrogen) atoms. The summed E-state index contributed by atoms with van der Waals surface area (Å²) >= 11 is 0. The molecule has 3 rings (SSSR count). The molecule has 1 heterocycles. The van der Waals surface area contributed by atoms with Crippen LogP contribution in [0.5, 0.6) is 0 Å². The molecule has 0 bridgehead atoms. The Balaban J connectivity index is 2.03. The van der Waals surface area contributed by atoms with Crippen LogP contribution in [-0.2, 0) is 9.84 Å². The standard InChI is InChI=1S/C21H27NO2S/c1-17(2)15-22(20-13-14-25(23,24)16-20)21(18-9-5-3-6-10-18)19-11-7-4-8-12-19/h3-12,17,20-21H,13-16H2,1-2H3/t20-/m1/s1. The van der Waals surface area contributed by atoms with Crippen LogP contribution >= 0.6 is 0 Å². The highest BCUT2D eigenvalue weighted by molar-refractivity contribution is 7.91. The fourth-order valence-electron chi connectivity index (χ4n) is 3.77. The monoisotopic (exact) mass is 357 g/mol. The normalized spacial score (nSPS) is 19.8. The number of hydrogen-bond acceptors (Lipinski definition) is 3. The number of benzene rings is 2. The van der Waals surface area contributed by atoms with E-state index in [0.717, 1.165) is 13.0 Å². The minimum atomic E-state index is -2.92. The Morgan fingerprint density at radius 1 is 0.960 bits per heavy atom. The Kier molecular flexibility index (Phi) is 5.60. The summed E-state index contributed by atoms with van der Waals surface area (Å²) in [6.07, 6.45) is 0.727. The third-order valence-electron chi connectivity index (χ3n) is 4.82. The van der Waals surface area contributed by atoms with E-state index in [9.17, 15) is 8.42 Å². The van der Waals surface area contributed by atoms with Gasteiger partial charge >= 0.3 is 0 Å². The maximum absolute atomic E-state index is 12.1. The van der Waals surface area contributed by atoms with E-state index >= 15 is 0 Å². The van der Waals surface area contributed by atoms with Gasteiger partial charge in [0.2, 0.25) is 0 Å². The van der Waals surface area contributed by atoms with Gasteiger partial charge in [0.1, 0.15) is 0 Å². The van der Waals surface area contributed by atoms with Gasteiger partial charge in [-0.1, -0.05) is 74.5 Å². The van der Waals surface area contributed by atoms with Gasteiger partial charge in [0, 0.05) is 12.6 Å². The van der Waals surface area contributed by atoms with Crippen LogP contribution in [0, 0.1) is 5.92 Å². The zero-order valence-corrected chi connectivity index (χ0v) is 15.8. The molecule has 1 fully saturated rings. The van der Waals surface area contributed by atoms with Gasteiger partial charge in [-0.15, -0.1) is 0 Å². The van der Waals surface area contributed by atoms with Crippen molar-refractivity contribution in [2.75, 3.05) is 18.1 Å². The van der Waals surface area contributed by atoms with Crippen molar-refractivity contribution in [2.45, 2.75) is 32.4 Å². The molecule has 4 heteroatoms. The third-order valence-corrected chi connectivity index (χ3v) is 6.57. The largest absolute Gasteiger partial charge is 0.288 e. The molecule has 0 amide bonds. The molecular weight excluding hydrogens is 330 g/mol. The molecule has 0 saturated carbocycles. The fraction of sp³-hybridized carbons (Fsp3) is 0.429. The Labute approximate surface area is 151 Å². The molecule has 134 valence electrons. The van der Waals surface area contributed by atoms with E-state index in [0.29, 0.717) is 11.7 Å². The van der Waals surface area contributed by atoms with Crippen LogP contribution < -0.4 is 0 Å². The van der Waals surface area contributed by atoms with Gasteiger partial charge in [-0.2, -0.15) is 0 Å². The first-order valence-electron chi connectivity index (χ1n) is 9.02. The molecule has 0 spiro atoms. The van der Waals surface area contributed by atoms with E-state index in [1.807, 2.05) is 12.1 Å². The average molecular weight is 358 g/mol. The molecule has 2 aromatic carbocycles. The quantitative estimate of drug-likeness (QED) is 0.786. The van der Waals surface area contributed by atoms with Crippen molar-refractivity contribution in [1.29, 1.82) is 0 Å². The summed E-state index contributed by atoms with van der Waals surface area (Å²) in [6, 6.07) is 21.0. The Morgan fingerprint density at radius 2 is 1.48 bits per heavy atom. The van der Waals surface area contributed by atoms with E-state index in [-0.39, 0.29) is 17.8 Å². The lowest BCUT2D eigenvalue weighted by Crippen LogP contribution is -2.42. The second-order valence-electron chi connectivity index (χ2n) is 7.37. The number of sulfone groups is 1. The van der Waals surface area contributed by atoms with Gasteiger partial charge in [-0.05, 0) is 23.5 Å². The molecule has 1 saturated heterocycles. The Hall–Kier alpha value is -1.65. The first-order chi connectivity index (χ1) is 12.0. The summed E-state index contributed by atoms with van der Waals surface area (Å²) in [7, 11) is -2.92. The topological polar surface area (TPSA) is 37.4 Å². The molecule has 0 aliphatic carbocycles. The van der Waals surface area contributed by atoms with Crippen molar-refractivity contribution in [3.05, 3.63) is 71.8 Å². The van der Waals surface area contributed by atoms with Crippen LogP contribution in [0.2, 0.25) is 0 Å². The molecule has 0 N–H and O–H groups in total. The van der Waals surface area contributed by atoms with Crippen LogP contribution in [0.4, 0.5) is 0 Å².